The van der Waals surface area contributed by atoms with Crippen LogP contribution in [0.4, 0.5) is 4.39 Å². The smallest absolute Gasteiger partial charge is 0.148 e. The van der Waals surface area contributed by atoms with Gasteiger partial charge in [0.05, 0.1) is 0 Å². The molecule has 1 rings (SSSR count). The lowest BCUT2D eigenvalue weighted by Gasteiger charge is -1.91. The Morgan fingerprint density at radius 2 is 2.00 bits per heavy atom. The van der Waals surface area contributed by atoms with E-state index < -0.39 is 0 Å². The van der Waals surface area contributed by atoms with Crippen molar-refractivity contribution in [1.29, 1.82) is 0 Å². The van der Waals surface area contributed by atoms with Gasteiger partial charge in [0, 0.05) is 0 Å². The number of halogens is 2. The van der Waals surface area contributed by atoms with Crippen LogP contribution in [0, 0.1) is 5.82 Å². The van der Waals surface area contributed by atoms with Crippen LogP contribution < -0.4 is 5.84 Å². The number of benzene rings is 1. The monoisotopic (exact) mass is 198 g/mol. The first kappa shape index (κ1) is 9.74. The maximum absolute atomic E-state index is 12.5. The van der Waals surface area contributed by atoms with E-state index in [1.54, 1.807) is 18.2 Å². The molecule has 0 unspecified atom stereocenters. The van der Waals surface area contributed by atoms with Gasteiger partial charge < -0.3 is 5.84 Å². The van der Waals surface area contributed by atoms with E-state index in [-0.39, 0.29) is 11.0 Å². The van der Waals surface area contributed by atoms with Gasteiger partial charge >= 0.3 is 0 Å². The lowest BCUT2D eigenvalue weighted by molar-refractivity contribution is 0.628. The number of allylic oxidation sites excluding steroid dienone is 1. The summed E-state index contributed by atoms with van der Waals surface area (Å²) in [4.78, 5) is 0. The van der Waals surface area contributed by atoms with Crippen LogP contribution in [0.3, 0.4) is 0 Å². The molecule has 0 aliphatic rings. The van der Waals surface area contributed by atoms with E-state index in [4.69, 9.17) is 17.4 Å². The standard InChI is InChI=1S/C9H8ClFN2/c10-9(13-12)6-3-7-1-4-8(11)5-2-7/h1-6H,12H2. The van der Waals surface area contributed by atoms with Crippen molar-refractivity contribution >= 4 is 22.8 Å². The van der Waals surface area contributed by atoms with Gasteiger partial charge in [-0.25, -0.2) is 4.39 Å². The van der Waals surface area contributed by atoms with E-state index in [1.807, 2.05) is 0 Å². The van der Waals surface area contributed by atoms with Gasteiger partial charge in [0.25, 0.3) is 0 Å². The quantitative estimate of drug-likeness (QED) is 0.442. The minimum atomic E-state index is -0.268. The van der Waals surface area contributed by atoms with Gasteiger partial charge in [0.15, 0.2) is 0 Å². The minimum Gasteiger partial charge on any atom is -0.322 e. The molecule has 2 nitrogen and oxygen atoms in total. The van der Waals surface area contributed by atoms with E-state index in [1.165, 1.54) is 18.2 Å². The molecular formula is C9H8ClFN2. The van der Waals surface area contributed by atoms with E-state index in [0.29, 0.717) is 0 Å². The van der Waals surface area contributed by atoms with Crippen molar-refractivity contribution in [3.63, 3.8) is 0 Å². The molecule has 0 aromatic heterocycles. The third-order valence-corrected chi connectivity index (χ3v) is 1.63. The molecule has 1 aromatic carbocycles. The number of nitrogens with two attached hydrogens (primary N) is 1. The first-order valence-electron chi connectivity index (χ1n) is 3.59. The number of hydrogen-bond acceptors (Lipinski definition) is 2. The van der Waals surface area contributed by atoms with Crippen molar-refractivity contribution in [1.82, 2.24) is 0 Å². The maximum Gasteiger partial charge on any atom is 0.148 e. The van der Waals surface area contributed by atoms with Crippen molar-refractivity contribution in [2.75, 3.05) is 0 Å². The number of nitrogens with zero attached hydrogens (tertiary/aromatic N) is 1. The predicted molar refractivity (Wildman–Crippen MR) is 52.9 cm³/mol. The van der Waals surface area contributed by atoms with E-state index >= 15 is 0 Å². The van der Waals surface area contributed by atoms with Gasteiger partial charge in [-0.2, -0.15) is 5.10 Å². The summed E-state index contributed by atoms with van der Waals surface area (Å²) in [7, 11) is 0. The summed E-state index contributed by atoms with van der Waals surface area (Å²) in [6.07, 6.45) is 3.23. The summed E-state index contributed by atoms with van der Waals surface area (Å²) < 4.78 is 12.5. The number of rotatable bonds is 2. The topological polar surface area (TPSA) is 38.4 Å². The van der Waals surface area contributed by atoms with E-state index in [9.17, 15) is 4.39 Å². The molecule has 0 heterocycles. The molecule has 4 heteroatoms. The molecule has 0 bridgehead atoms. The summed E-state index contributed by atoms with van der Waals surface area (Å²) in [5.74, 6) is 4.64. The summed E-state index contributed by atoms with van der Waals surface area (Å²) in [5.41, 5.74) is 0.836. The Morgan fingerprint density at radius 3 is 2.54 bits per heavy atom. The summed E-state index contributed by atoms with van der Waals surface area (Å²) in [6, 6.07) is 6.00. The van der Waals surface area contributed by atoms with Crippen LogP contribution in [-0.2, 0) is 0 Å². The first-order valence-corrected chi connectivity index (χ1v) is 3.97. The Labute approximate surface area is 80.5 Å². The molecule has 0 saturated carbocycles. The summed E-state index contributed by atoms with van der Waals surface area (Å²) >= 11 is 5.51. The fourth-order valence-corrected chi connectivity index (χ4v) is 0.845. The molecule has 0 radical (unpaired) electrons. The molecule has 0 aliphatic carbocycles. The molecule has 0 spiro atoms. The maximum atomic E-state index is 12.5. The second-order valence-electron chi connectivity index (χ2n) is 2.34. The third kappa shape index (κ3) is 3.25. The van der Waals surface area contributed by atoms with Crippen LogP contribution in [0.1, 0.15) is 5.56 Å². The molecular weight excluding hydrogens is 191 g/mol. The van der Waals surface area contributed by atoms with Gasteiger partial charge in [-0.3, -0.25) is 0 Å². The van der Waals surface area contributed by atoms with Gasteiger partial charge in [-0.1, -0.05) is 29.8 Å². The first-order chi connectivity index (χ1) is 6.22. The second-order valence-corrected chi connectivity index (χ2v) is 2.72. The van der Waals surface area contributed by atoms with Gasteiger partial charge in [-0.15, -0.1) is 0 Å². The molecule has 0 atom stereocenters. The Morgan fingerprint density at radius 1 is 1.38 bits per heavy atom. The van der Waals surface area contributed by atoms with Crippen LogP contribution in [0.5, 0.6) is 0 Å². The van der Waals surface area contributed by atoms with Crippen molar-refractivity contribution in [3.05, 3.63) is 41.7 Å². The zero-order chi connectivity index (χ0) is 9.68. The predicted octanol–water partition coefficient (Wildman–Crippen LogP) is 2.35. The normalized spacial score (nSPS) is 12.3. The highest BCUT2D eigenvalue weighted by atomic mass is 35.5. The molecule has 2 N–H and O–H groups in total. The fourth-order valence-electron chi connectivity index (χ4n) is 0.782. The average Bonchev–Trinajstić information content (AvgIpc) is 2.16. The van der Waals surface area contributed by atoms with Crippen LogP contribution in [-0.4, -0.2) is 5.17 Å². The minimum absolute atomic E-state index is 0.198. The van der Waals surface area contributed by atoms with Gasteiger partial charge in [-0.05, 0) is 23.8 Å². The Bertz CT molecular complexity index is 330. The van der Waals surface area contributed by atoms with Crippen molar-refractivity contribution in [2.24, 2.45) is 10.9 Å². The molecule has 0 amide bonds. The molecule has 0 aliphatic heterocycles. The van der Waals surface area contributed by atoms with Crippen molar-refractivity contribution < 1.29 is 4.39 Å². The highest BCUT2D eigenvalue weighted by molar-refractivity contribution is 6.68. The molecule has 68 valence electrons. The zero-order valence-corrected chi connectivity index (χ0v) is 7.50. The number of hydrogen-bond donors (Lipinski definition) is 1. The van der Waals surface area contributed by atoms with E-state index in [2.05, 4.69) is 5.10 Å². The third-order valence-electron chi connectivity index (χ3n) is 1.41. The highest BCUT2D eigenvalue weighted by Gasteiger charge is 1.89. The van der Waals surface area contributed by atoms with Gasteiger partial charge in [0.2, 0.25) is 0 Å². The van der Waals surface area contributed by atoms with E-state index in [0.717, 1.165) is 5.56 Å². The largest absolute Gasteiger partial charge is 0.322 e. The average molecular weight is 199 g/mol. The van der Waals surface area contributed by atoms with Crippen LogP contribution in [0.25, 0.3) is 6.08 Å². The van der Waals surface area contributed by atoms with Crippen LogP contribution in [0.15, 0.2) is 35.4 Å². The Balaban J connectivity index is 2.75. The van der Waals surface area contributed by atoms with Crippen LogP contribution >= 0.6 is 11.6 Å². The number of hydrazone groups is 1. The Kier molecular flexibility index (Phi) is 3.46. The molecule has 13 heavy (non-hydrogen) atoms. The SMILES string of the molecule is NN=C(Cl)C=Cc1ccc(F)cc1. The zero-order valence-electron chi connectivity index (χ0n) is 6.74. The molecule has 0 fully saturated rings. The van der Waals surface area contributed by atoms with Crippen molar-refractivity contribution in [2.45, 2.75) is 0 Å². The molecule has 0 saturated heterocycles. The fraction of sp³-hybridized carbons (Fsp3) is 0. The summed E-state index contributed by atoms with van der Waals surface area (Å²) in [6.45, 7) is 0. The highest BCUT2D eigenvalue weighted by Crippen LogP contribution is 2.05. The van der Waals surface area contributed by atoms with Crippen LogP contribution in [0.2, 0.25) is 0 Å². The van der Waals surface area contributed by atoms with Crippen molar-refractivity contribution in [3.8, 4) is 0 Å². The Hall–Kier alpha value is -1.35. The second kappa shape index (κ2) is 4.62. The lowest BCUT2D eigenvalue weighted by atomic mass is 10.2. The lowest BCUT2D eigenvalue weighted by Crippen LogP contribution is -1.87. The van der Waals surface area contributed by atoms with Gasteiger partial charge in [0.1, 0.15) is 11.0 Å². The molecule has 1 aromatic rings. The summed E-state index contributed by atoms with van der Waals surface area (Å²) in [5, 5.41) is 3.44.